The molecule has 5 rings (SSSR count). The molecule has 2 heterocycles. The highest BCUT2D eigenvalue weighted by Crippen LogP contribution is 2.41. The van der Waals surface area contributed by atoms with Gasteiger partial charge in [-0.15, -0.1) is 0 Å². The Labute approximate surface area is 215 Å². The minimum atomic E-state index is -0.312. The topological polar surface area (TPSA) is 121 Å². The highest BCUT2D eigenvalue weighted by atomic mass is 16.5. The molecule has 0 saturated heterocycles. The van der Waals surface area contributed by atoms with Gasteiger partial charge in [-0.2, -0.15) is 0 Å². The maximum Gasteiger partial charge on any atom is 0.247 e. The third kappa shape index (κ3) is 4.99. The Bertz CT molecular complexity index is 1490. The molecule has 0 radical (unpaired) electrons. The summed E-state index contributed by atoms with van der Waals surface area (Å²) in [6.07, 6.45) is 6.95. The molecule has 0 atom stereocenters. The summed E-state index contributed by atoms with van der Waals surface area (Å²) in [6, 6.07) is 11.8. The van der Waals surface area contributed by atoms with Crippen LogP contribution in [0, 0.1) is 6.92 Å². The molecule has 0 bridgehead atoms. The molecular weight excluding hydrogens is 466 g/mol. The predicted octanol–water partition coefficient (Wildman–Crippen LogP) is 4.74. The lowest BCUT2D eigenvalue weighted by Crippen LogP contribution is -2.37. The Morgan fingerprint density at radius 3 is 2.81 bits per heavy atom. The second-order valence-electron chi connectivity index (χ2n) is 9.58. The SMILES string of the molecule is C=CC(=O)Nc1cc(Nc2ncc(C)c(-c3c[nH]c4ccccc34)n2)c(OC)cc1N(C)CC1(N)CC1. The summed E-state index contributed by atoms with van der Waals surface area (Å²) in [5, 5.41) is 7.28. The molecule has 1 aliphatic carbocycles. The Balaban J connectivity index is 1.52. The van der Waals surface area contributed by atoms with Crippen LogP contribution < -0.4 is 26.0 Å². The number of nitrogens with zero attached hydrogens (tertiary/aromatic N) is 3. The fourth-order valence-electron chi connectivity index (χ4n) is 4.47. The van der Waals surface area contributed by atoms with Crippen LogP contribution in [-0.2, 0) is 4.79 Å². The number of aromatic amines is 1. The van der Waals surface area contributed by atoms with Crippen molar-refractivity contribution >= 4 is 39.8 Å². The van der Waals surface area contributed by atoms with E-state index < -0.39 is 0 Å². The Hall–Kier alpha value is -4.37. The molecule has 0 spiro atoms. The van der Waals surface area contributed by atoms with Crippen LogP contribution in [0.4, 0.5) is 23.0 Å². The van der Waals surface area contributed by atoms with Gasteiger partial charge in [0.15, 0.2) is 0 Å². The number of nitrogens with two attached hydrogens (primary N) is 1. The maximum atomic E-state index is 12.2. The molecule has 1 aliphatic rings. The van der Waals surface area contributed by atoms with Crippen LogP contribution in [0.2, 0.25) is 0 Å². The number of methoxy groups -OCH3 is 1. The van der Waals surface area contributed by atoms with Gasteiger partial charge < -0.3 is 31.0 Å². The van der Waals surface area contributed by atoms with E-state index in [4.69, 9.17) is 15.5 Å². The second kappa shape index (κ2) is 9.59. The van der Waals surface area contributed by atoms with Gasteiger partial charge in [0.2, 0.25) is 11.9 Å². The van der Waals surface area contributed by atoms with Crippen LogP contribution in [0.1, 0.15) is 18.4 Å². The van der Waals surface area contributed by atoms with Gasteiger partial charge in [0.05, 0.1) is 29.9 Å². The summed E-state index contributed by atoms with van der Waals surface area (Å²) in [6.45, 7) is 6.23. The number of likely N-dealkylation sites (N-methyl/N-ethyl adjacent to an activating group) is 1. The van der Waals surface area contributed by atoms with Crippen LogP contribution in [0.25, 0.3) is 22.2 Å². The number of fused-ring (bicyclic) bond motifs is 1. The minimum Gasteiger partial charge on any atom is -0.494 e. The van der Waals surface area contributed by atoms with Crippen LogP contribution in [0.3, 0.4) is 0 Å². The third-order valence-electron chi connectivity index (χ3n) is 6.68. The van der Waals surface area contributed by atoms with E-state index in [1.54, 1.807) is 13.3 Å². The lowest BCUT2D eigenvalue weighted by Gasteiger charge is -2.27. The van der Waals surface area contributed by atoms with Crippen molar-refractivity contribution in [1.82, 2.24) is 15.0 Å². The van der Waals surface area contributed by atoms with Crippen LogP contribution >= 0.6 is 0 Å². The number of H-pyrrole nitrogens is 1. The van der Waals surface area contributed by atoms with E-state index >= 15 is 0 Å². The number of anilines is 4. The number of para-hydroxylation sites is 1. The Kier molecular flexibility index (Phi) is 6.31. The van der Waals surface area contributed by atoms with Crippen molar-refractivity contribution in [2.45, 2.75) is 25.3 Å². The van der Waals surface area contributed by atoms with Crippen molar-refractivity contribution < 1.29 is 9.53 Å². The summed E-state index contributed by atoms with van der Waals surface area (Å²) in [5.41, 5.74) is 12.0. The number of hydrogen-bond acceptors (Lipinski definition) is 7. The lowest BCUT2D eigenvalue weighted by molar-refractivity contribution is -0.111. The summed E-state index contributed by atoms with van der Waals surface area (Å²) < 4.78 is 5.71. The van der Waals surface area contributed by atoms with Gasteiger partial charge in [-0.05, 0) is 43.5 Å². The molecule has 37 heavy (non-hydrogen) atoms. The molecule has 190 valence electrons. The minimum absolute atomic E-state index is 0.201. The zero-order chi connectivity index (χ0) is 26.2. The molecule has 0 unspecified atom stereocenters. The van der Waals surface area contributed by atoms with Crippen LogP contribution in [0.5, 0.6) is 5.75 Å². The molecular formula is C28H31N7O2. The first kappa shape index (κ1) is 24.3. The number of rotatable bonds is 9. The molecule has 2 aromatic carbocycles. The van der Waals surface area contributed by atoms with E-state index in [9.17, 15) is 4.79 Å². The number of nitrogens with one attached hydrogen (secondary N) is 3. The number of benzene rings is 2. The lowest BCUT2D eigenvalue weighted by atomic mass is 10.1. The van der Waals surface area contributed by atoms with Crippen molar-refractivity contribution in [1.29, 1.82) is 0 Å². The van der Waals surface area contributed by atoms with E-state index in [-0.39, 0.29) is 11.4 Å². The number of amides is 1. The van der Waals surface area contributed by atoms with Gasteiger partial charge in [0, 0.05) is 54.1 Å². The van der Waals surface area contributed by atoms with E-state index in [1.165, 1.54) is 6.08 Å². The number of carbonyl (C=O) groups excluding carboxylic acids is 1. The van der Waals surface area contributed by atoms with Crippen molar-refractivity contribution in [2.75, 3.05) is 36.2 Å². The third-order valence-corrected chi connectivity index (χ3v) is 6.68. The molecule has 1 fully saturated rings. The number of aromatic nitrogens is 3. The van der Waals surface area contributed by atoms with Gasteiger partial charge in [-0.3, -0.25) is 4.79 Å². The quantitative estimate of drug-likeness (QED) is 0.247. The molecule has 5 N–H and O–H groups in total. The van der Waals surface area contributed by atoms with Gasteiger partial charge >= 0.3 is 0 Å². The summed E-state index contributed by atoms with van der Waals surface area (Å²) in [5.74, 6) is 0.677. The average Bonchev–Trinajstić information content (AvgIpc) is 3.46. The monoisotopic (exact) mass is 497 g/mol. The first-order valence-corrected chi connectivity index (χ1v) is 12.1. The zero-order valence-electron chi connectivity index (χ0n) is 21.3. The highest BCUT2D eigenvalue weighted by molar-refractivity contribution is 6.02. The van der Waals surface area contributed by atoms with Gasteiger partial charge in [0.1, 0.15) is 5.75 Å². The summed E-state index contributed by atoms with van der Waals surface area (Å²) >= 11 is 0. The Morgan fingerprint density at radius 2 is 2.08 bits per heavy atom. The average molecular weight is 498 g/mol. The van der Waals surface area contributed by atoms with Crippen molar-refractivity contribution in [2.24, 2.45) is 5.73 Å². The van der Waals surface area contributed by atoms with Crippen LogP contribution in [0.15, 0.2) is 61.4 Å². The van der Waals surface area contributed by atoms with E-state index in [2.05, 4.69) is 33.2 Å². The fraction of sp³-hybridized carbons (Fsp3) is 0.250. The molecule has 9 nitrogen and oxygen atoms in total. The van der Waals surface area contributed by atoms with Gasteiger partial charge in [-0.1, -0.05) is 24.8 Å². The highest BCUT2D eigenvalue weighted by Gasteiger charge is 2.39. The number of ether oxygens (including phenoxy) is 1. The molecule has 4 aromatic rings. The predicted molar refractivity (Wildman–Crippen MR) is 149 cm³/mol. The van der Waals surface area contributed by atoms with Crippen LogP contribution in [-0.4, -0.2) is 47.1 Å². The second-order valence-corrected chi connectivity index (χ2v) is 9.58. The first-order chi connectivity index (χ1) is 17.8. The van der Waals surface area contributed by atoms with Gasteiger partial charge in [0.25, 0.3) is 0 Å². The number of hydrogen-bond donors (Lipinski definition) is 4. The summed E-state index contributed by atoms with van der Waals surface area (Å²) in [4.78, 5) is 26.9. The standard InChI is InChI=1S/C28H31N7O2/c1-5-25(36)32-21-12-22(24(37-4)13-23(21)35(3)16-28(29)10-11-28)33-27-31-14-17(2)26(34-27)19-15-30-20-9-7-6-8-18(19)20/h5-9,12-15,30H,1,10-11,16,29H2,2-4H3,(H,32,36)(H,31,33,34). The summed E-state index contributed by atoms with van der Waals surface area (Å²) in [7, 11) is 3.56. The maximum absolute atomic E-state index is 12.2. The van der Waals surface area contributed by atoms with Crippen molar-refractivity contribution in [3.63, 3.8) is 0 Å². The zero-order valence-corrected chi connectivity index (χ0v) is 21.3. The molecule has 0 aliphatic heterocycles. The Morgan fingerprint density at radius 1 is 1.30 bits per heavy atom. The van der Waals surface area contributed by atoms with Gasteiger partial charge in [-0.25, -0.2) is 9.97 Å². The fourth-order valence-corrected chi connectivity index (χ4v) is 4.47. The van der Waals surface area contributed by atoms with Crippen molar-refractivity contribution in [3.8, 4) is 17.0 Å². The molecule has 2 aromatic heterocycles. The first-order valence-electron chi connectivity index (χ1n) is 12.1. The molecule has 1 saturated carbocycles. The van der Waals surface area contributed by atoms with E-state index in [0.29, 0.717) is 29.6 Å². The normalized spacial score (nSPS) is 13.7. The van der Waals surface area contributed by atoms with Crippen molar-refractivity contribution in [3.05, 3.63) is 67.0 Å². The molecule has 1 amide bonds. The van der Waals surface area contributed by atoms with E-state index in [0.717, 1.165) is 46.3 Å². The smallest absolute Gasteiger partial charge is 0.247 e. The van der Waals surface area contributed by atoms with E-state index in [1.807, 2.05) is 55.4 Å². The molecule has 9 heteroatoms. The number of aryl methyl sites for hydroxylation is 1. The number of carbonyl (C=O) groups is 1. The largest absolute Gasteiger partial charge is 0.494 e.